The molecule has 0 saturated carbocycles. The lowest BCUT2D eigenvalue weighted by atomic mass is 10.1. The fourth-order valence-corrected chi connectivity index (χ4v) is 3.35. The maximum Gasteiger partial charge on any atom is 0.335 e. The molecule has 0 unspecified atom stereocenters. The molecule has 1 aromatic heterocycles. The van der Waals surface area contributed by atoms with Gasteiger partial charge in [-0.05, 0) is 24.0 Å². The van der Waals surface area contributed by atoms with Gasteiger partial charge in [-0.25, -0.2) is 9.78 Å². The second kappa shape index (κ2) is 7.42. The Labute approximate surface area is 126 Å². The summed E-state index contributed by atoms with van der Waals surface area (Å²) < 4.78 is 0. The molecule has 1 aromatic carbocycles. The summed E-state index contributed by atoms with van der Waals surface area (Å²) in [5.74, 6) is 0.113. The zero-order valence-corrected chi connectivity index (χ0v) is 12.8. The van der Waals surface area contributed by atoms with Gasteiger partial charge >= 0.3 is 5.97 Å². The number of aromatic carboxylic acids is 1. The third-order valence-electron chi connectivity index (χ3n) is 2.69. The predicted molar refractivity (Wildman–Crippen MR) is 83.3 cm³/mol. The lowest BCUT2D eigenvalue weighted by Gasteiger charge is -2.03. The Morgan fingerprint density at radius 3 is 2.75 bits per heavy atom. The molecule has 0 saturated heterocycles. The van der Waals surface area contributed by atoms with Crippen molar-refractivity contribution < 1.29 is 9.90 Å². The maximum atomic E-state index is 10.7. The summed E-state index contributed by atoms with van der Waals surface area (Å²) in [5, 5.41) is 13.2. The van der Waals surface area contributed by atoms with Crippen molar-refractivity contribution >= 4 is 29.1 Å². The van der Waals surface area contributed by atoms with Crippen LogP contribution in [0.5, 0.6) is 0 Å². The number of thiazole rings is 1. The average Bonchev–Trinajstić information content (AvgIpc) is 2.87. The molecule has 6 heteroatoms. The van der Waals surface area contributed by atoms with E-state index in [0.717, 1.165) is 22.9 Å². The highest BCUT2D eigenvalue weighted by atomic mass is 32.2. The van der Waals surface area contributed by atoms with E-state index < -0.39 is 5.97 Å². The van der Waals surface area contributed by atoms with Crippen LogP contribution in [-0.4, -0.2) is 22.3 Å². The minimum Gasteiger partial charge on any atom is -0.478 e. The molecule has 0 aliphatic heterocycles. The quantitative estimate of drug-likeness (QED) is 0.823. The molecule has 0 atom stereocenters. The molecule has 0 amide bonds. The minimum absolute atomic E-state index is 0.315. The molecule has 0 fully saturated rings. The summed E-state index contributed by atoms with van der Waals surface area (Å²) in [6.45, 7) is 1.44. The van der Waals surface area contributed by atoms with E-state index >= 15 is 0 Å². The number of hydrogen-bond donors (Lipinski definition) is 2. The Morgan fingerprint density at radius 2 is 2.10 bits per heavy atom. The van der Waals surface area contributed by atoms with Gasteiger partial charge in [0.25, 0.3) is 0 Å². The molecule has 1 heterocycles. The fraction of sp³-hybridized carbons (Fsp3) is 0.286. The summed E-state index contributed by atoms with van der Waals surface area (Å²) in [4.78, 5) is 16.4. The molecule has 106 valence electrons. The first kappa shape index (κ1) is 15.0. The van der Waals surface area contributed by atoms with E-state index in [1.165, 1.54) is 4.88 Å². The number of aromatic nitrogens is 1. The van der Waals surface area contributed by atoms with E-state index in [9.17, 15) is 4.79 Å². The van der Waals surface area contributed by atoms with Crippen LogP contribution in [-0.2, 0) is 18.8 Å². The van der Waals surface area contributed by atoms with E-state index in [-0.39, 0.29) is 0 Å². The molecular weight excluding hydrogens is 292 g/mol. The second-order valence-electron chi connectivity index (χ2n) is 4.26. The van der Waals surface area contributed by atoms with E-state index in [0.29, 0.717) is 12.1 Å². The first-order chi connectivity index (χ1) is 9.69. The van der Waals surface area contributed by atoms with E-state index in [4.69, 9.17) is 5.11 Å². The molecule has 0 aliphatic rings. The molecule has 0 bridgehead atoms. The lowest BCUT2D eigenvalue weighted by molar-refractivity contribution is 0.0697. The Kier molecular flexibility index (Phi) is 5.58. The normalized spacial score (nSPS) is 10.7. The Bertz CT molecular complexity index is 567. The number of carboxylic acid groups (broad SMARTS) is 1. The average molecular weight is 308 g/mol. The second-order valence-corrected chi connectivity index (χ2v) is 6.32. The Hall–Kier alpha value is -1.37. The van der Waals surface area contributed by atoms with Crippen molar-refractivity contribution in [3.8, 4) is 0 Å². The van der Waals surface area contributed by atoms with E-state index in [2.05, 4.69) is 16.6 Å². The zero-order chi connectivity index (χ0) is 14.4. The van der Waals surface area contributed by atoms with Gasteiger partial charge in [0.05, 0.1) is 5.56 Å². The van der Waals surface area contributed by atoms with Crippen LogP contribution < -0.4 is 5.32 Å². The highest BCUT2D eigenvalue weighted by Gasteiger charge is 2.03. The van der Waals surface area contributed by atoms with Gasteiger partial charge in [0.15, 0.2) is 0 Å². The Balaban J connectivity index is 1.81. The number of thioether (sulfide) groups is 1. The largest absolute Gasteiger partial charge is 0.478 e. The summed E-state index contributed by atoms with van der Waals surface area (Å²) in [7, 11) is 0. The molecule has 0 radical (unpaired) electrons. The molecule has 20 heavy (non-hydrogen) atoms. The van der Waals surface area contributed by atoms with Gasteiger partial charge in [0.2, 0.25) is 0 Å². The molecule has 0 aliphatic carbocycles. The minimum atomic E-state index is -0.895. The van der Waals surface area contributed by atoms with Gasteiger partial charge in [-0.2, -0.15) is 11.8 Å². The summed E-state index contributed by atoms with van der Waals surface area (Å²) in [6, 6.07) is 6.91. The van der Waals surface area contributed by atoms with Gasteiger partial charge in [-0.15, -0.1) is 11.3 Å². The highest BCUT2D eigenvalue weighted by Crippen LogP contribution is 2.17. The first-order valence-electron chi connectivity index (χ1n) is 6.14. The number of carboxylic acids is 1. The van der Waals surface area contributed by atoms with Crippen LogP contribution in [0, 0.1) is 0 Å². The monoisotopic (exact) mass is 308 g/mol. The molecular formula is C14H16N2O2S2. The number of benzene rings is 1. The Morgan fingerprint density at radius 1 is 1.35 bits per heavy atom. The lowest BCUT2D eigenvalue weighted by Crippen LogP contribution is -2.12. The van der Waals surface area contributed by atoms with Crippen LogP contribution >= 0.6 is 23.1 Å². The van der Waals surface area contributed by atoms with Crippen molar-refractivity contribution in [1.29, 1.82) is 0 Å². The molecule has 2 N–H and O–H groups in total. The standard InChI is InChI=1S/C14H16N2O2S2/c1-19-9-12-7-16-13(20-12)8-15-6-10-2-4-11(5-3-10)14(17)18/h2-5,7,15H,6,8-9H2,1H3,(H,17,18). The fourth-order valence-electron chi connectivity index (χ4n) is 1.72. The predicted octanol–water partition coefficient (Wildman–Crippen LogP) is 2.99. The van der Waals surface area contributed by atoms with Crippen LogP contribution in [0.4, 0.5) is 0 Å². The topological polar surface area (TPSA) is 62.2 Å². The summed E-state index contributed by atoms with van der Waals surface area (Å²) >= 11 is 3.52. The van der Waals surface area contributed by atoms with Gasteiger partial charge in [0, 0.05) is 29.9 Å². The van der Waals surface area contributed by atoms with Crippen LogP contribution in [0.15, 0.2) is 30.5 Å². The van der Waals surface area contributed by atoms with Crippen LogP contribution in [0.25, 0.3) is 0 Å². The SMILES string of the molecule is CSCc1cnc(CNCc2ccc(C(=O)O)cc2)s1. The van der Waals surface area contributed by atoms with Gasteiger partial charge in [-0.3, -0.25) is 0 Å². The maximum absolute atomic E-state index is 10.7. The van der Waals surface area contributed by atoms with Gasteiger partial charge in [0.1, 0.15) is 5.01 Å². The van der Waals surface area contributed by atoms with Crippen LogP contribution in [0.1, 0.15) is 25.8 Å². The zero-order valence-electron chi connectivity index (χ0n) is 11.1. The summed E-state index contributed by atoms with van der Waals surface area (Å²) in [5.41, 5.74) is 1.38. The molecule has 2 aromatic rings. The smallest absolute Gasteiger partial charge is 0.335 e. The number of rotatable bonds is 7. The van der Waals surface area contributed by atoms with Crippen molar-refractivity contribution in [3.63, 3.8) is 0 Å². The molecule has 2 rings (SSSR count). The number of carbonyl (C=O) groups is 1. The number of hydrogen-bond acceptors (Lipinski definition) is 5. The van der Waals surface area contributed by atoms with Gasteiger partial charge in [-0.1, -0.05) is 12.1 Å². The van der Waals surface area contributed by atoms with Gasteiger partial charge < -0.3 is 10.4 Å². The third-order valence-corrected chi connectivity index (χ3v) is 4.47. The first-order valence-corrected chi connectivity index (χ1v) is 8.35. The number of nitrogens with one attached hydrogen (secondary N) is 1. The summed E-state index contributed by atoms with van der Waals surface area (Å²) in [6.07, 6.45) is 4.01. The van der Waals surface area contributed by atoms with Crippen molar-refractivity contribution in [2.75, 3.05) is 6.26 Å². The van der Waals surface area contributed by atoms with Crippen molar-refractivity contribution in [1.82, 2.24) is 10.3 Å². The third kappa shape index (κ3) is 4.33. The van der Waals surface area contributed by atoms with Crippen LogP contribution in [0.3, 0.4) is 0 Å². The van der Waals surface area contributed by atoms with Crippen molar-refractivity contribution in [3.05, 3.63) is 51.5 Å². The van der Waals surface area contributed by atoms with E-state index in [1.54, 1.807) is 35.2 Å². The van der Waals surface area contributed by atoms with Crippen molar-refractivity contribution in [2.45, 2.75) is 18.8 Å². The number of nitrogens with zero attached hydrogens (tertiary/aromatic N) is 1. The highest BCUT2D eigenvalue weighted by molar-refractivity contribution is 7.97. The van der Waals surface area contributed by atoms with E-state index in [1.807, 2.05) is 18.3 Å². The van der Waals surface area contributed by atoms with Crippen LogP contribution in [0.2, 0.25) is 0 Å². The molecule has 4 nitrogen and oxygen atoms in total. The molecule has 0 spiro atoms. The van der Waals surface area contributed by atoms with Crippen molar-refractivity contribution in [2.24, 2.45) is 0 Å².